The van der Waals surface area contributed by atoms with Crippen LogP contribution in [-0.2, 0) is 13.0 Å². The van der Waals surface area contributed by atoms with Crippen LogP contribution in [0.5, 0.6) is 5.75 Å². The molecule has 0 saturated heterocycles. The summed E-state index contributed by atoms with van der Waals surface area (Å²) in [6, 6.07) is 19.6. The highest BCUT2D eigenvalue weighted by Crippen LogP contribution is 2.30. The number of amides is 1. The van der Waals surface area contributed by atoms with Crippen molar-refractivity contribution in [3.05, 3.63) is 99.1 Å². The molecule has 0 spiro atoms. The van der Waals surface area contributed by atoms with Gasteiger partial charge >= 0.3 is 0 Å². The lowest BCUT2D eigenvalue weighted by Gasteiger charge is -2.31. The minimum Gasteiger partial charge on any atom is -0.496 e. The highest BCUT2D eigenvalue weighted by atomic mass is 16.6. The minimum absolute atomic E-state index is 0.0721. The predicted molar refractivity (Wildman–Crippen MR) is 127 cm³/mol. The lowest BCUT2D eigenvalue weighted by atomic mass is 10.0. The van der Waals surface area contributed by atoms with Crippen LogP contribution in [0.3, 0.4) is 0 Å². The van der Waals surface area contributed by atoms with Crippen molar-refractivity contribution in [1.29, 1.82) is 0 Å². The van der Waals surface area contributed by atoms with Gasteiger partial charge < -0.3 is 9.64 Å². The molecule has 33 heavy (non-hydrogen) atoms. The molecule has 3 aromatic carbocycles. The normalized spacial score (nSPS) is 12.9. The number of anilines is 1. The number of nitro benzene ring substituents is 1. The molecule has 1 aliphatic rings. The van der Waals surface area contributed by atoms with Gasteiger partial charge in [-0.15, -0.1) is 0 Å². The third-order valence-corrected chi connectivity index (χ3v) is 5.59. The van der Waals surface area contributed by atoms with Gasteiger partial charge in [0.15, 0.2) is 0 Å². The number of hydrazone groups is 1. The Balaban J connectivity index is 1.46. The van der Waals surface area contributed by atoms with Gasteiger partial charge in [-0.1, -0.05) is 18.2 Å². The number of rotatable bonds is 7. The van der Waals surface area contributed by atoms with Crippen LogP contribution in [0.4, 0.5) is 11.4 Å². The van der Waals surface area contributed by atoms with Gasteiger partial charge in [0.2, 0.25) is 0 Å². The Morgan fingerprint density at radius 2 is 1.97 bits per heavy atom. The number of carbonyl (C=O) groups is 1. The molecule has 0 unspecified atom stereocenters. The second-order valence-electron chi connectivity index (χ2n) is 7.73. The topological polar surface area (TPSA) is 97.1 Å². The number of hydrogen-bond donors (Lipinski definition) is 1. The number of carbonyl (C=O) groups excluding carboxylic acids is 1. The zero-order chi connectivity index (χ0) is 23.2. The lowest BCUT2D eigenvalue weighted by Crippen LogP contribution is -2.29. The molecule has 0 aliphatic carbocycles. The number of benzene rings is 3. The van der Waals surface area contributed by atoms with E-state index in [0.717, 1.165) is 36.3 Å². The molecular formula is C25H24N4O4. The number of aryl methyl sites for hydroxylation is 1. The van der Waals surface area contributed by atoms with Crippen LogP contribution in [0.15, 0.2) is 71.8 Å². The first-order valence-corrected chi connectivity index (χ1v) is 10.6. The quantitative estimate of drug-likeness (QED) is 0.333. The van der Waals surface area contributed by atoms with Crippen molar-refractivity contribution in [3.63, 3.8) is 0 Å². The first-order valence-electron chi connectivity index (χ1n) is 10.6. The molecule has 1 amide bonds. The number of methoxy groups -OCH3 is 1. The molecule has 8 heteroatoms. The summed E-state index contributed by atoms with van der Waals surface area (Å²) in [4.78, 5) is 24.8. The molecule has 0 aromatic heterocycles. The second-order valence-corrected chi connectivity index (χ2v) is 7.73. The Labute approximate surface area is 191 Å². The third kappa shape index (κ3) is 5.17. The summed E-state index contributed by atoms with van der Waals surface area (Å²) < 4.78 is 5.57. The van der Waals surface area contributed by atoms with E-state index in [0.29, 0.717) is 6.54 Å². The molecule has 168 valence electrons. The molecular weight excluding hydrogens is 420 g/mol. The highest BCUT2D eigenvalue weighted by Gasteiger charge is 2.18. The van der Waals surface area contributed by atoms with Crippen LogP contribution in [-0.4, -0.2) is 30.7 Å². The van der Waals surface area contributed by atoms with Crippen LogP contribution in [0.2, 0.25) is 0 Å². The van der Waals surface area contributed by atoms with Gasteiger partial charge in [0.25, 0.3) is 11.6 Å². The second kappa shape index (κ2) is 9.95. The summed E-state index contributed by atoms with van der Waals surface area (Å²) in [5.41, 5.74) is 7.13. The van der Waals surface area contributed by atoms with Gasteiger partial charge in [-0.2, -0.15) is 5.10 Å². The number of hydrogen-bond acceptors (Lipinski definition) is 6. The average molecular weight is 444 g/mol. The van der Waals surface area contributed by atoms with E-state index >= 15 is 0 Å². The Kier molecular flexibility index (Phi) is 6.64. The monoisotopic (exact) mass is 444 g/mol. The fraction of sp³-hybridized carbons (Fsp3) is 0.200. The van der Waals surface area contributed by atoms with Gasteiger partial charge in [0, 0.05) is 42.0 Å². The van der Waals surface area contributed by atoms with Crippen LogP contribution >= 0.6 is 0 Å². The number of ether oxygens (including phenoxy) is 1. The fourth-order valence-corrected chi connectivity index (χ4v) is 3.95. The molecule has 3 aromatic rings. The van der Waals surface area contributed by atoms with Crippen molar-refractivity contribution >= 4 is 23.5 Å². The van der Waals surface area contributed by atoms with Crippen molar-refractivity contribution in [3.8, 4) is 5.75 Å². The molecule has 0 saturated carbocycles. The number of nitro groups is 1. The van der Waals surface area contributed by atoms with Crippen molar-refractivity contribution in [2.45, 2.75) is 19.4 Å². The molecule has 0 bridgehead atoms. The third-order valence-electron chi connectivity index (χ3n) is 5.59. The Morgan fingerprint density at radius 1 is 1.18 bits per heavy atom. The van der Waals surface area contributed by atoms with E-state index in [1.807, 2.05) is 18.2 Å². The van der Waals surface area contributed by atoms with Crippen LogP contribution in [0.1, 0.15) is 33.5 Å². The van der Waals surface area contributed by atoms with E-state index in [1.165, 1.54) is 35.5 Å². The van der Waals surface area contributed by atoms with Crippen molar-refractivity contribution < 1.29 is 14.5 Å². The smallest absolute Gasteiger partial charge is 0.271 e. The van der Waals surface area contributed by atoms with E-state index in [1.54, 1.807) is 13.3 Å². The molecule has 1 N–H and O–H groups in total. The summed E-state index contributed by atoms with van der Waals surface area (Å²) >= 11 is 0. The van der Waals surface area contributed by atoms with E-state index in [9.17, 15) is 14.9 Å². The molecule has 8 nitrogen and oxygen atoms in total. The van der Waals surface area contributed by atoms with Gasteiger partial charge in [0.05, 0.1) is 18.2 Å². The maximum Gasteiger partial charge on any atom is 0.271 e. The molecule has 1 aliphatic heterocycles. The van der Waals surface area contributed by atoms with Crippen molar-refractivity contribution in [2.75, 3.05) is 18.6 Å². The molecule has 0 radical (unpaired) electrons. The summed E-state index contributed by atoms with van der Waals surface area (Å²) in [5.74, 6) is 0.352. The highest BCUT2D eigenvalue weighted by molar-refractivity contribution is 5.95. The molecule has 1 heterocycles. The Bertz CT molecular complexity index is 1190. The van der Waals surface area contributed by atoms with Crippen LogP contribution in [0, 0.1) is 10.1 Å². The first-order chi connectivity index (χ1) is 16.0. The zero-order valence-corrected chi connectivity index (χ0v) is 18.2. The zero-order valence-electron chi connectivity index (χ0n) is 18.2. The molecule has 0 fully saturated rings. The van der Waals surface area contributed by atoms with E-state index in [4.69, 9.17) is 4.74 Å². The predicted octanol–water partition coefficient (Wildman–Crippen LogP) is 4.32. The van der Waals surface area contributed by atoms with Crippen LogP contribution < -0.4 is 15.1 Å². The SMILES string of the molecule is COc1ccc(/C=N/NC(=O)c2ccc([N+](=O)[O-])cc2)cc1CN1CCCc2ccccc21. The maximum absolute atomic E-state index is 12.2. The summed E-state index contributed by atoms with van der Waals surface area (Å²) in [5, 5.41) is 14.8. The van der Waals surface area contributed by atoms with Gasteiger partial charge in [-0.3, -0.25) is 14.9 Å². The lowest BCUT2D eigenvalue weighted by molar-refractivity contribution is -0.384. The summed E-state index contributed by atoms with van der Waals surface area (Å²) in [7, 11) is 1.65. The van der Waals surface area contributed by atoms with E-state index < -0.39 is 10.8 Å². The average Bonchev–Trinajstić information content (AvgIpc) is 2.84. The maximum atomic E-state index is 12.2. The number of fused-ring (bicyclic) bond motifs is 1. The fourth-order valence-electron chi connectivity index (χ4n) is 3.95. The number of nitrogens with zero attached hydrogens (tertiary/aromatic N) is 3. The Morgan fingerprint density at radius 3 is 2.73 bits per heavy atom. The van der Waals surface area contributed by atoms with Crippen LogP contribution in [0.25, 0.3) is 0 Å². The van der Waals surface area contributed by atoms with Gasteiger partial charge in [-0.05, 0) is 60.4 Å². The standard InChI is InChI=1S/C25H24N4O4/c1-33-24-13-8-18(16-26-27-25(30)20-9-11-22(12-10-20)29(31)32)15-21(24)17-28-14-4-6-19-5-2-3-7-23(19)28/h2-3,5,7-13,15-16H,4,6,14,17H2,1H3,(H,27,30)/b26-16+. The Hall–Kier alpha value is -4.20. The van der Waals surface area contributed by atoms with E-state index in [2.05, 4.69) is 39.7 Å². The van der Waals surface area contributed by atoms with Crippen molar-refractivity contribution in [2.24, 2.45) is 5.10 Å². The van der Waals surface area contributed by atoms with Gasteiger partial charge in [0.1, 0.15) is 5.75 Å². The molecule has 4 rings (SSSR count). The largest absolute Gasteiger partial charge is 0.496 e. The number of non-ortho nitro benzene ring substituents is 1. The van der Waals surface area contributed by atoms with E-state index in [-0.39, 0.29) is 11.3 Å². The minimum atomic E-state index is -0.510. The summed E-state index contributed by atoms with van der Waals surface area (Å²) in [6.07, 6.45) is 3.76. The van der Waals surface area contributed by atoms with Gasteiger partial charge in [-0.25, -0.2) is 5.43 Å². The first kappa shape index (κ1) is 22.0. The molecule has 0 atom stereocenters. The summed E-state index contributed by atoms with van der Waals surface area (Å²) in [6.45, 7) is 1.68. The number of para-hydroxylation sites is 1. The number of nitrogens with one attached hydrogen (secondary N) is 1. The van der Waals surface area contributed by atoms with Crippen molar-refractivity contribution in [1.82, 2.24) is 5.43 Å².